The second-order valence-electron chi connectivity index (χ2n) is 5.05. The number of piperidine rings is 1. The zero-order valence-electron chi connectivity index (χ0n) is 10.5. The van der Waals surface area contributed by atoms with Crippen molar-refractivity contribution in [3.63, 3.8) is 0 Å². The van der Waals surface area contributed by atoms with Crippen molar-refractivity contribution >= 4 is 10.2 Å². The molecule has 2 unspecified atom stereocenters. The lowest BCUT2D eigenvalue weighted by atomic mass is 10.1. The van der Waals surface area contributed by atoms with Crippen LogP contribution in [0.4, 0.5) is 0 Å². The van der Waals surface area contributed by atoms with E-state index in [-0.39, 0.29) is 6.04 Å². The van der Waals surface area contributed by atoms with E-state index in [9.17, 15) is 8.42 Å². The van der Waals surface area contributed by atoms with Crippen LogP contribution < -0.4 is 10.0 Å². The first kappa shape index (κ1) is 13.3. The highest BCUT2D eigenvalue weighted by Gasteiger charge is 2.43. The normalized spacial score (nSPS) is 29.0. The van der Waals surface area contributed by atoms with Crippen LogP contribution in [0, 0.1) is 5.92 Å². The van der Waals surface area contributed by atoms with E-state index in [1.54, 1.807) is 4.31 Å². The van der Waals surface area contributed by atoms with E-state index in [0.29, 0.717) is 19.0 Å². The van der Waals surface area contributed by atoms with E-state index in [1.807, 2.05) is 0 Å². The van der Waals surface area contributed by atoms with Crippen LogP contribution in [0.25, 0.3) is 0 Å². The molecule has 6 heteroatoms. The summed E-state index contributed by atoms with van der Waals surface area (Å²) in [5.74, 6) is 0.606. The molecule has 5 nitrogen and oxygen atoms in total. The van der Waals surface area contributed by atoms with E-state index in [1.165, 1.54) is 6.42 Å². The first-order chi connectivity index (χ1) is 8.13. The highest BCUT2D eigenvalue weighted by molar-refractivity contribution is 7.87. The number of hydrogen-bond donors (Lipinski definition) is 2. The molecule has 0 amide bonds. The summed E-state index contributed by atoms with van der Waals surface area (Å²) < 4.78 is 28.4. The molecule has 1 saturated carbocycles. The summed E-state index contributed by atoms with van der Waals surface area (Å²) in [6.45, 7) is 4.95. The summed E-state index contributed by atoms with van der Waals surface area (Å²) in [7, 11) is -3.23. The second-order valence-corrected chi connectivity index (χ2v) is 6.76. The summed E-state index contributed by atoms with van der Waals surface area (Å²) in [5, 5.41) is 3.19. The fourth-order valence-electron chi connectivity index (χ4n) is 2.83. The summed E-state index contributed by atoms with van der Waals surface area (Å²) in [6, 6.07) is 0.265. The lowest BCUT2D eigenvalue weighted by molar-refractivity contribution is 0.328. The number of nitrogens with zero attached hydrogens (tertiary/aromatic N) is 1. The zero-order valence-corrected chi connectivity index (χ0v) is 11.3. The monoisotopic (exact) mass is 261 g/mol. The van der Waals surface area contributed by atoms with Crippen molar-refractivity contribution in [2.75, 3.05) is 26.2 Å². The molecule has 2 N–H and O–H groups in total. The zero-order chi connectivity index (χ0) is 12.3. The Kier molecular flexibility index (Phi) is 4.41. The predicted molar refractivity (Wildman–Crippen MR) is 67.9 cm³/mol. The molecule has 0 aromatic carbocycles. The van der Waals surface area contributed by atoms with E-state index in [2.05, 4.69) is 17.0 Å². The Morgan fingerprint density at radius 3 is 2.65 bits per heavy atom. The molecule has 2 rings (SSSR count). The molecule has 2 atom stereocenters. The molecule has 0 aromatic rings. The molecule has 1 aliphatic heterocycles. The van der Waals surface area contributed by atoms with Crippen molar-refractivity contribution in [2.24, 2.45) is 5.92 Å². The quantitative estimate of drug-likeness (QED) is 0.648. The molecule has 100 valence electrons. The third-order valence-electron chi connectivity index (χ3n) is 3.68. The SMILES string of the molecule is CCCNCCNS(=O)(=O)N1CC2CCC1C2. The molecule has 1 aliphatic carbocycles. The Hall–Kier alpha value is -0.170. The third-order valence-corrected chi connectivity index (χ3v) is 5.31. The molecule has 0 radical (unpaired) electrons. The standard InChI is InChI=1S/C11H23N3O2S/c1-2-5-12-6-7-13-17(15,16)14-9-10-3-4-11(14)8-10/h10-13H,2-9H2,1H3. The smallest absolute Gasteiger partial charge is 0.279 e. The highest BCUT2D eigenvalue weighted by Crippen LogP contribution is 2.38. The van der Waals surface area contributed by atoms with Crippen LogP contribution in [-0.2, 0) is 10.2 Å². The summed E-state index contributed by atoms with van der Waals surface area (Å²) in [4.78, 5) is 0. The highest BCUT2D eigenvalue weighted by atomic mass is 32.2. The molecule has 0 aromatic heterocycles. The van der Waals surface area contributed by atoms with Crippen LogP contribution in [-0.4, -0.2) is 44.9 Å². The Labute approximate surface area is 104 Å². The molecular formula is C11H23N3O2S. The van der Waals surface area contributed by atoms with E-state index < -0.39 is 10.2 Å². The maximum Gasteiger partial charge on any atom is 0.279 e. The maximum atomic E-state index is 12.0. The van der Waals surface area contributed by atoms with Gasteiger partial charge in [-0.25, -0.2) is 4.72 Å². The summed E-state index contributed by atoms with van der Waals surface area (Å²) in [5.41, 5.74) is 0. The summed E-state index contributed by atoms with van der Waals surface area (Å²) >= 11 is 0. The fourth-order valence-corrected chi connectivity index (χ4v) is 4.34. The van der Waals surface area contributed by atoms with Crippen LogP contribution in [0.3, 0.4) is 0 Å². The van der Waals surface area contributed by atoms with Crippen molar-refractivity contribution in [1.29, 1.82) is 0 Å². The van der Waals surface area contributed by atoms with Crippen molar-refractivity contribution in [3.05, 3.63) is 0 Å². The van der Waals surface area contributed by atoms with Gasteiger partial charge in [-0.15, -0.1) is 0 Å². The average molecular weight is 261 g/mol. The van der Waals surface area contributed by atoms with Gasteiger partial charge < -0.3 is 5.32 Å². The molecule has 0 spiro atoms. The van der Waals surface area contributed by atoms with E-state index >= 15 is 0 Å². The van der Waals surface area contributed by atoms with Crippen LogP contribution >= 0.6 is 0 Å². The minimum Gasteiger partial charge on any atom is -0.315 e. The lowest BCUT2D eigenvalue weighted by Gasteiger charge is -2.26. The molecular weight excluding hydrogens is 238 g/mol. The van der Waals surface area contributed by atoms with Gasteiger partial charge in [0.05, 0.1) is 0 Å². The second kappa shape index (κ2) is 5.65. The van der Waals surface area contributed by atoms with Gasteiger partial charge in [0.15, 0.2) is 0 Å². The number of fused-ring (bicyclic) bond motifs is 2. The maximum absolute atomic E-state index is 12.0. The first-order valence-corrected chi connectivity index (χ1v) is 8.04. The molecule has 2 aliphatic rings. The van der Waals surface area contributed by atoms with Gasteiger partial charge in [-0.05, 0) is 38.1 Å². The molecule has 1 saturated heterocycles. The van der Waals surface area contributed by atoms with Crippen molar-refractivity contribution < 1.29 is 8.42 Å². The van der Waals surface area contributed by atoms with Gasteiger partial charge >= 0.3 is 0 Å². The first-order valence-electron chi connectivity index (χ1n) is 6.60. The Balaban J connectivity index is 1.75. The van der Waals surface area contributed by atoms with Crippen LogP contribution in [0.2, 0.25) is 0 Å². The number of rotatable bonds is 7. The van der Waals surface area contributed by atoms with Crippen LogP contribution in [0.1, 0.15) is 32.6 Å². The van der Waals surface area contributed by atoms with Gasteiger partial charge in [0.25, 0.3) is 10.2 Å². The minimum atomic E-state index is -3.23. The fraction of sp³-hybridized carbons (Fsp3) is 1.00. The van der Waals surface area contributed by atoms with E-state index in [4.69, 9.17) is 0 Å². The van der Waals surface area contributed by atoms with Gasteiger partial charge in [-0.1, -0.05) is 6.92 Å². The Morgan fingerprint density at radius 2 is 2.06 bits per heavy atom. The Bertz CT molecular complexity index is 345. The predicted octanol–water partition coefficient (Wildman–Crippen LogP) is 0.305. The Morgan fingerprint density at radius 1 is 1.24 bits per heavy atom. The van der Waals surface area contributed by atoms with E-state index in [0.717, 1.165) is 32.4 Å². The lowest BCUT2D eigenvalue weighted by Crippen LogP contribution is -2.46. The number of nitrogens with one attached hydrogen (secondary N) is 2. The van der Waals surface area contributed by atoms with Gasteiger partial charge in [0, 0.05) is 25.7 Å². The largest absolute Gasteiger partial charge is 0.315 e. The van der Waals surface area contributed by atoms with Crippen molar-refractivity contribution in [1.82, 2.24) is 14.3 Å². The van der Waals surface area contributed by atoms with Gasteiger partial charge in [0.2, 0.25) is 0 Å². The molecule has 2 bridgehead atoms. The topological polar surface area (TPSA) is 61.4 Å². The third kappa shape index (κ3) is 3.19. The van der Waals surface area contributed by atoms with Crippen molar-refractivity contribution in [3.8, 4) is 0 Å². The average Bonchev–Trinajstić information content (AvgIpc) is 2.90. The molecule has 1 heterocycles. The van der Waals surface area contributed by atoms with Gasteiger partial charge in [-0.2, -0.15) is 12.7 Å². The van der Waals surface area contributed by atoms with Crippen LogP contribution in [0.5, 0.6) is 0 Å². The van der Waals surface area contributed by atoms with Crippen LogP contribution in [0.15, 0.2) is 0 Å². The van der Waals surface area contributed by atoms with Crippen molar-refractivity contribution in [2.45, 2.75) is 38.6 Å². The minimum absolute atomic E-state index is 0.265. The van der Waals surface area contributed by atoms with Gasteiger partial charge in [0.1, 0.15) is 0 Å². The summed E-state index contributed by atoms with van der Waals surface area (Å²) in [6.07, 6.45) is 4.38. The number of hydrogen-bond acceptors (Lipinski definition) is 3. The molecule has 17 heavy (non-hydrogen) atoms. The molecule has 2 fully saturated rings. The van der Waals surface area contributed by atoms with Gasteiger partial charge in [-0.3, -0.25) is 0 Å².